The van der Waals surface area contributed by atoms with E-state index in [4.69, 9.17) is 16.3 Å². The number of benzene rings is 2. The molecule has 1 aliphatic rings. The molecule has 0 amide bonds. The van der Waals surface area contributed by atoms with E-state index in [0.717, 1.165) is 21.5 Å². The monoisotopic (exact) mass is 336 g/mol. The number of hydrogen-bond acceptors (Lipinski definition) is 1. The van der Waals surface area contributed by atoms with E-state index in [-0.39, 0.29) is 0 Å². The maximum atomic E-state index is 5.94. The van der Waals surface area contributed by atoms with Gasteiger partial charge in [0.15, 0.2) is 0 Å². The minimum atomic E-state index is 0.512. The second-order valence-corrected chi connectivity index (χ2v) is 5.91. The van der Waals surface area contributed by atoms with E-state index >= 15 is 0 Å². The number of alkyl halides is 1. The van der Waals surface area contributed by atoms with Crippen LogP contribution in [0.2, 0.25) is 0 Å². The lowest BCUT2D eigenvalue weighted by Gasteiger charge is -2.10. The van der Waals surface area contributed by atoms with E-state index in [0.29, 0.717) is 5.88 Å². The van der Waals surface area contributed by atoms with E-state index < -0.39 is 0 Å². The highest BCUT2D eigenvalue weighted by Crippen LogP contribution is 2.33. The van der Waals surface area contributed by atoms with Crippen molar-refractivity contribution in [2.75, 3.05) is 0 Å². The number of halogens is 2. The Kier molecular flexibility index (Phi) is 3.81. The molecule has 0 radical (unpaired) electrons. The molecule has 2 aromatic carbocycles. The topological polar surface area (TPSA) is 9.23 Å². The second-order valence-electron chi connectivity index (χ2n) is 4.78. The van der Waals surface area contributed by atoms with Crippen molar-refractivity contribution >= 4 is 27.5 Å². The first-order valence-corrected chi connectivity index (χ1v) is 7.73. The third kappa shape index (κ3) is 2.80. The molecule has 0 heterocycles. The van der Waals surface area contributed by atoms with Crippen molar-refractivity contribution < 1.29 is 4.74 Å². The normalized spacial score (nSPS) is 13.4. The molecule has 0 spiro atoms. The molecule has 0 bridgehead atoms. The van der Waals surface area contributed by atoms with E-state index in [2.05, 4.69) is 28.1 Å². The first kappa shape index (κ1) is 13.0. The summed E-state index contributed by atoms with van der Waals surface area (Å²) in [4.78, 5) is 0. The van der Waals surface area contributed by atoms with Gasteiger partial charge >= 0.3 is 0 Å². The van der Waals surface area contributed by atoms with Gasteiger partial charge in [0.1, 0.15) is 11.5 Å². The van der Waals surface area contributed by atoms with Gasteiger partial charge in [-0.15, -0.1) is 11.6 Å². The Labute approximate surface area is 126 Å². The number of fused-ring (bicyclic) bond motifs is 1. The molecule has 0 saturated heterocycles. The fraction of sp³-hybridized carbons (Fsp3) is 0.250. The molecule has 2 aromatic rings. The summed E-state index contributed by atoms with van der Waals surface area (Å²) in [5.74, 6) is 2.24. The lowest BCUT2D eigenvalue weighted by atomic mass is 10.1. The van der Waals surface area contributed by atoms with E-state index in [9.17, 15) is 0 Å². The summed E-state index contributed by atoms with van der Waals surface area (Å²) in [6, 6.07) is 12.3. The van der Waals surface area contributed by atoms with Gasteiger partial charge in [0.05, 0.1) is 4.47 Å². The number of aryl methyl sites for hydroxylation is 2. The Morgan fingerprint density at radius 1 is 1.05 bits per heavy atom. The molecule has 0 saturated carbocycles. The average molecular weight is 338 g/mol. The van der Waals surface area contributed by atoms with Gasteiger partial charge in [-0.05, 0) is 76.1 Å². The Bertz CT molecular complexity index is 610. The minimum Gasteiger partial charge on any atom is -0.456 e. The van der Waals surface area contributed by atoms with Crippen LogP contribution in [0.15, 0.2) is 40.9 Å². The molecule has 3 rings (SSSR count). The van der Waals surface area contributed by atoms with Crippen LogP contribution in [-0.4, -0.2) is 0 Å². The molecule has 0 atom stereocenters. The van der Waals surface area contributed by atoms with Gasteiger partial charge in [0.2, 0.25) is 0 Å². The van der Waals surface area contributed by atoms with Crippen molar-refractivity contribution in [3.8, 4) is 11.5 Å². The second kappa shape index (κ2) is 5.56. The summed E-state index contributed by atoms with van der Waals surface area (Å²) in [6.45, 7) is 0. The third-order valence-electron chi connectivity index (χ3n) is 3.45. The Morgan fingerprint density at radius 3 is 2.68 bits per heavy atom. The SMILES string of the molecule is ClCc1ccc(Oc2ccc3c(c2)CCC3)c(Br)c1. The van der Waals surface area contributed by atoms with Crippen LogP contribution in [0.1, 0.15) is 23.1 Å². The lowest BCUT2D eigenvalue weighted by molar-refractivity contribution is 0.479. The Morgan fingerprint density at radius 2 is 1.89 bits per heavy atom. The predicted octanol–water partition coefficient (Wildman–Crippen LogP) is 5.47. The molecule has 19 heavy (non-hydrogen) atoms. The Balaban J connectivity index is 1.85. The molecule has 0 aliphatic heterocycles. The van der Waals surface area contributed by atoms with Gasteiger partial charge in [0.25, 0.3) is 0 Å². The summed E-state index contributed by atoms with van der Waals surface area (Å²) in [5.41, 5.74) is 3.96. The summed E-state index contributed by atoms with van der Waals surface area (Å²) < 4.78 is 6.88. The van der Waals surface area contributed by atoms with Gasteiger partial charge < -0.3 is 4.74 Å². The average Bonchev–Trinajstić information content (AvgIpc) is 2.88. The zero-order chi connectivity index (χ0) is 13.2. The fourth-order valence-electron chi connectivity index (χ4n) is 2.45. The van der Waals surface area contributed by atoms with Crippen LogP contribution in [-0.2, 0) is 18.7 Å². The Hall–Kier alpha value is -0.990. The van der Waals surface area contributed by atoms with Crippen LogP contribution in [0.3, 0.4) is 0 Å². The zero-order valence-corrected chi connectivity index (χ0v) is 12.8. The number of hydrogen-bond donors (Lipinski definition) is 0. The third-order valence-corrected chi connectivity index (χ3v) is 4.38. The van der Waals surface area contributed by atoms with Crippen LogP contribution in [0.25, 0.3) is 0 Å². The first-order chi connectivity index (χ1) is 9.26. The van der Waals surface area contributed by atoms with Crippen molar-refractivity contribution in [1.29, 1.82) is 0 Å². The number of rotatable bonds is 3. The van der Waals surface area contributed by atoms with Gasteiger partial charge in [-0.1, -0.05) is 12.1 Å². The molecule has 98 valence electrons. The van der Waals surface area contributed by atoms with Gasteiger partial charge in [-0.25, -0.2) is 0 Å². The lowest BCUT2D eigenvalue weighted by Crippen LogP contribution is -1.89. The molecular weight excluding hydrogens is 324 g/mol. The highest BCUT2D eigenvalue weighted by atomic mass is 79.9. The molecule has 1 aliphatic carbocycles. The van der Waals surface area contributed by atoms with Crippen LogP contribution in [0.4, 0.5) is 0 Å². The van der Waals surface area contributed by atoms with Crippen molar-refractivity contribution in [3.63, 3.8) is 0 Å². The van der Waals surface area contributed by atoms with Crippen LogP contribution in [0.5, 0.6) is 11.5 Å². The maximum Gasteiger partial charge on any atom is 0.141 e. The van der Waals surface area contributed by atoms with Crippen molar-refractivity contribution in [2.24, 2.45) is 0 Å². The van der Waals surface area contributed by atoms with Crippen LogP contribution >= 0.6 is 27.5 Å². The summed E-state index contributed by atoms with van der Waals surface area (Å²) in [7, 11) is 0. The molecule has 0 fully saturated rings. The van der Waals surface area contributed by atoms with Crippen molar-refractivity contribution in [1.82, 2.24) is 0 Å². The molecule has 0 N–H and O–H groups in total. The molecule has 1 nitrogen and oxygen atoms in total. The minimum absolute atomic E-state index is 0.512. The van der Waals surface area contributed by atoms with Crippen LogP contribution < -0.4 is 4.74 Å². The molecular formula is C16H14BrClO. The van der Waals surface area contributed by atoms with E-state index in [1.165, 1.54) is 30.4 Å². The quantitative estimate of drug-likeness (QED) is 0.675. The molecule has 3 heteroatoms. The van der Waals surface area contributed by atoms with Gasteiger partial charge in [0, 0.05) is 5.88 Å². The highest BCUT2D eigenvalue weighted by molar-refractivity contribution is 9.10. The summed E-state index contributed by atoms with van der Waals surface area (Å²) in [5, 5.41) is 0. The predicted molar refractivity (Wildman–Crippen MR) is 82.2 cm³/mol. The largest absolute Gasteiger partial charge is 0.456 e. The zero-order valence-electron chi connectivity index (χ0n) is 10.5. The fourth-order valence-corrected chi connectivity index (χ4v) is 3.12. The van der Waals surface area contributed by atoms with Crippen molar-refractivity contribution in [2.45, 2.75) is 25.1 Å². The van der Waals surface area contributed by atoms with Crippen molar-refractivity contribution in [3.05, 3.63) is 57.6 Å². The van der Waals surface area contributed by atoms with Gasteiger partial charge in [-0.3, -0.25) is 0 Å². The van der Waals surface area contributed by atoms with Gasteiger partial charge in [-0.2, -0.15) is 0 Å². The molecule has 0 aromatic heterocycles. The van der Waals surface area contributed by atoms with E-state index in [1.807, 2.05) is 24.3 Å². The standard InChI is InChI=1S/C16H14BrClO/c17-15-8-11(10-18)4-7-16(15)19-14-6-5-12-2-1-3-13(12)9-14/h4-9H,1-3,10H2. The van der Waals surface area contributed by atoms with Crippen LogP contribution in [0, 0.1) is 0 Å². The maximum absolute atomic E-state index is 5.94. The number of ether oxygens (including phenoxy) is 1. The first-order valence-electron chi connectivity index (χ1n) is 6.40. The molecule has 0 unspecified atom stereocenters. The van der Waals surface area contributed by atoms with E-state index in [1.54, 1.807) is 0 Å². The highest BCUT2D eigenvalue weighted by Gasteiger charge is 2.12. The summed E-state index contributed by atoms with van der Waals surface area (Å²) >= 11 is 9.34. The summed E-state index contributed by atoms with van der Waals surface area (Å²) in [6.07, 6.45) is 3.62. The smallest absolute Gasteiger partial charge is 0.141 e.